The molecule has 0 bridgehead atoms. The first-order valence-electron chi connectivity index (χ1n) is 7.18. The number of nitrogens with zero attached hydrogens (tertiary/aromatic N) is 2. The zero-order valence-corrected chi connectivity index (χ0v) is 12.1. The Bertz CT molecular complexity index is 881. The molecule has 2 amide bonds. The molecule has 0 aliphatic carbocycles. The van der Waals surface area contributed by atoms with E-state index in [0.717, 1.165) is 5.39 Å². The summed E-state index contributed by atoms with van der Waals surface area (Å²) in [5.74, 6) is -0.226. The average Bonchev–Trinajstić information content (AvgIpc) is 3.10. The van der Waals surface area contributed by atoms with E-state index in [0.29, 0.717) is 22.6 Å². The van der Waals surface area contributed by atoms with Crippen molar-refractivity contribution in [2.24, 2.45) is 0 Å². The molecule has 6 heteroatoms. The summed E-state index contributed by atoms with van der Waals surface area (Å²) in [5.41, 5.74) is 1.50. The number of rotatable bonds is 4. The lowest BCUT2D eigenvalue weighted by Gasteiger charge is -2.13. The Hall–Kier alpha value is -3.15. The molecule has 1 aromatic heterocycles. The minimum Gasteiger partial charge on any atom is -0.473 e. The van der Waals surface area contributed by atoms with Crippen LogP contribution in [0.3, 0.4) is 0 Å². The predicted octanol–water partition coefficient (Wildman–Crippen LogP) is 2.50. The van der Waals surface area contributed by atoms with Gasteiger partial charge in [-0.1, -0.05) is 24.3 Å². The van der Waals surface area contributed by atoms with Crippen LogP contribution in [0.2, 0.25) is 0 Å². The number of amides is 2. The lowest BCUT2D eigenvalue weighted by Crippen LogP contribution is -2.33. The molecule has 23 heavy (non-hydrogen) atoms. The second kappa shape index (κ2) is 5.24. The molecule has 0 saturated carbocycles. The maximum absolute atomic E-state index is 12.2. The highest BCUT2D eigenvalue weighted by atomic mass is 16.5. The molecule has 0 fully saturated rings. The molecule has 0 N–H and O–H groups in total. The second-order valence-corrected chi connectivity index (χ2v) is 5.14. The lowest BCUT2D eigenvalue weighted by molar-refractivity contribution is 0.0629. The molecule has 0 atom stereocenters. The Morgan fingerprint density at radius 1 is 0.957 bits per heavy atom. The molecule has 0 unspecified atom stereocenters. The van der Waals surface area contributed by atoms with E-state index in [9.17, 15) is 9.59 Å². The van der Waals surface area contributed by atoms with Crippen LogP contribution in [0.5, 0.6) is 5.88 Å². The number of para-hydroxylation sites is 1. The van der Waals surface area contributed by atoms with Gasteiger partial charge in [-0.2, -0.15) is 0 Å². The van der Waals surface area contributed by atoms with Crippen molar-refractivity contribution < 1.29 is 18.8 Å². The van der Waals surface area contributed by atoms with Gasteiger partial charge in [0.05, 0.1) is 23.1 Å². The summed E-state index contributed by atoms with van der Waals surface area (Å²) in [6.45, 7) is 0.315. The molecule has 1 aliphatic rings. The fourth-order valence-corrected chi connectivity index (χ4v) is 2.64. The summed E-state index contributed by atoms with van der Waals surface area (Å²) in [7, 11) is 0. The van der Waals surface area contributed by atoms with Gasteiger partial charge in [0.1, 0.15) is 6.61 Å². The Morgan fingerprint density at radius 2 is 1.61 bits per heavy atom. The SMILES string of the molecule is O=C1c2ccccc2C(=O)N1CCOc1noc2ccccc12. The Labute approximate surface area is 131 Å². The molecular weight excluding hydrogens is 296 g/mol. The zero-order chi connectivity index (χ0) is 15.8. The lowest BCUT2D eigenvalue weighted by atomic mass is 10.1. The third-order valence-electron chi connectivity index (χ3n) is 3.78. The van der Waals surface area contributed by atoms with Crippen molar-refractivity contribution in [1.29, 1.82) is 0 Å². The number of fused-ring (bicyclic) bond motifs is 2. The molecule has 0 spiro atoms. The van der Waals surface area contributed by atoms with Gasteiger partial charge in [-0.3, -0.25) is 14.5 Å². The standard InChI is InChI=1S/C17H12N2O4/c20-16-11-5-1-2-6-12(11)17(21)19(16)9-10-22-15-13-7-3-4-8-14(13)23-18-15/h1-8H,9-10H2. The number of benzene rings is 2. The topological polar surface area (TPSA) is 72.6 Å². The number of carbonyl (C=O) groups is 2. The van der Waals surface area contributed by atoms with Crippen molar-refractivity contribution in [2.45, 2.75) is 0 Å². The smallest absolute Gasteiger partial charge is 0.262 e. The highest BCUT2D eigenvalue weighted by Crippen LogP contribution is 2.25. The largest absolute Gasteiger partial charge is 0.473 e. The summed E-state index contributed by atoms with van der Waals surface area (Å²) in [6.07, 6.45) is 0. The van der Waals surface area contributed by atoms with Gasteiger partial charge in [0, 0.05) is 0 Å². The van der Waals surface area contributed by atoms with Crippen molar-refractivity contribution in [3.63, 3.8) is 0 Å². The van der Waals surface area contributed by atoms with Crippen LogP contribution >= 0.6 is 0 Å². The number of hydrogen-bond acceptors (Lipinski definition) is 5. The van der Waals surface area contributed by atoms with Gasteiger partial charge in [0.25, 0.3) is 17.7 Å². The predicted molar refractivity (Wildman–Crippen MR) is 81.3 cm³/mol. The number of ether oxygens (including phenoxy) is 1. The number of carbonyl (C=O) groups excluding carboxylic acids is 2. The minimum absolute atomic E-state index is 0.155. The zero-order valence-electron chi connectivity index (χ0n) is 12.1. The number of imide groups is 1. The summed E-state index contributed by atoms with van der Waals surface area (Å²) < 4.78 is 10.7. The van der Waals surface area contributed by atoms with Crippen LogP contribution in [0.15, 0.2) is 53.1 Å². The van der Waals surface area contributed by atoms with Gasteiger partial charge in [-0.15, -0.1) is 0 Å². The van der Waals surface area contributed by atoms with Gasteiger partial charge >= 0.3 is 0 Å². The van der Waals surface area contributed by atoms with Crippen molar-refractivity contribution in [2.75, 3.05) is 13.2 Å². The van der Waals surface area contributed by atoms with E-state index < -0.39 is 0 Å². The Balaban J connectivity index is 1.46. The van der Waals surface area contributed by atoms with Gasteiger partial charge in [-0.25, -0.2) is 0 Å². The molecule has 4 rings (SSSR count). The van der Waals surface area contributed by atoms with E-state index in [1.165, 1.54) is 4.90 Å². The quantitative estimate of drug-likeness (QED) is 0.692. The van der Waals surface area contributed by atoms with E-state index in [2.05, 4.69) is 5.16 Å². The van der Waals surface area contributed by atoms with Crippen LogP contribution in [-0.2, 0) is 0 Å². The Kier molecular flexibility index (Phi) is 3.08. The van der Waals surface area contributed by atoms with Crippen LogP contribution in [0.1, 0.15) is 20.7 Å². The minimum atomic E-state index is -0.292. The number of hydrogen-bond donors (Lipinski definition) is 0. The molecule has 2 heterocycles. The molecule has 3 aromatic rings. The highest BCUT2D eigenvalue weighted by molar-refractivity contribution is 6.21. The van der Waals surface area contributed by atoms with E-state index >= 15 is 0 Å². The normalized spacial score (nSPS) is 13.7. The molecule has 6 nitrogen and oxygen atoms in total. The summed E-state index contributed by atoms with van der Waals surface area (Å²) in [6, 6.07) is 14.1. The fraction of sp³-hybridized carbons (Fsp3) is 0.118. The maximum atomic E-state index is 12.2. The van der Waals surface area contributed by atoms with Crippen LogP contribution in [0, 0.1) is 0 Å². The van der Waals surface area contributed by atoms with Crippen LogP contribution in [-0.4, -0.2) is 35.0 Å². The summed E-state index contributed by atoms with van der Waals surface area (Å²) in [5, 5.41) is 4.61. The molecule has 0 radical (unpaired) electrons. The third-order valence-corrected chi connectivity index (χ3v) is 3.78. The van der Waals surface area contributed by atoms with Crippen LogP contribution in [0.4, 0.5) is 0 Å². The van der Waals surface area contributed by atoms with E-state index in [4.69, 9.17) is 9.26 Å². The molecule has 0 saturated heterocycles. The van der Waals surface area contributed by atoms with E-state index in [1.54, 1.807) is 30.3 Å². The van der Waals surface area contributed by atoms with Crippen LogP contribution in [0.25, 0.3) is 11.0 Å². The molecule has 2 aromatic carbocycles. The Morgan fingerprint density at radius 3 is 2.35 bits per heavy atom. The first kappa shape index (κ1) is 13.5. The van der Waals surface area contributed by atoms with Crippen molar-refractivity contribution in [3.05, 3.63) is 59.7 Å². The average molecular weight is 308 g/mol. The van der Waals surface area contributed by atoms with Gasteiger partial charge in [0.2, 0.25) is 0 Å². The number of aromatic nitrogens is 1. The van der Waals surface area contributed by atoms with Gasteiger partial charge < -0.3 is 9.26 Å². The summed E-state index contributed by atoms with van der Waals surface area (Å²) in [4.78, 5) is 25.6. The monoisotopic (exact) mass is 308 g/mol. The summed E-state index contributed by atoms with van der Waals surface area (Å²) >= 11 is 0. The second-order valence-electron chi connectivity index (χ2n) is 5.14. The first-order chi connectivity index (χ1) is 11.3. The third kappa shape index (κ3) is 2.15. The highest BCUT2D eigenvalue weighted by Gasteiger charge is 2.34. The van der Waals surface area contributed by atoms with Gasteiger partial charge in [0.15, 0.2) is 5.58 Å². The molecular formula is C17H12N2O4. The van der Waals surface area contributed by atoms with Crippen LogP contribution < -0.4 is 4.74 Å². The van der Waals surface area contributed by atoms with Crippen molar-refractivity contribution in [3.8, 4) is 5.88 Å². The maximum Gasteiger partial charge on any atom is 0.262 e. The molecule has 114 valence electrons. The first-order valence-corrected chi connectivity index (χ1v) is 7.18. The van der Waals surface area contributed by atoms with Crippen molar-refractivity contribution >= 4 is 22.8 Å². The van der Waals surface area contributed by atoms with Gasteiger partial charge in [-0.05, 0) is 29.4 Å². The van der Waals surface area contributed by atoms with E-state index in [-0.39, 0.29) is 25.0 Å². The molecule has 1 aliphatic heterocycles. The van der Waals surface area contributed by atoms with E-state index in [1.807, 2.05) is 18.2 Å². The fourth-order valence-electron chi connectivity index (χ4n) is 2.64. The van der Waals surface area contributed by atoms with Crippen molar-refractivity contribution in [1.82, 2.24) is 10.1 Å².